The molecule has 4 heterocycles. The van der Waals surface area contributed by atoms with E-state index in [0.717, 1.165) is 16.6 Å². The number of aliphatic hydroxyl groups is 2. The molecule has 0 saturated carbocycles. The molecule has 3 aromatic heterocycles. The number of thioether (sulfide) groups is 1. The van der Waals surface area contributed by atoms with Crippen LogP contribution in [0.1, 0.15) is 11.8 Å². The van der Waals surface area contributed by atoms with Gasteiger partial charge in [-0.2, -0.15) is 0 Å². The molecule has 1 aromatic carbocycles. The second-order valence-electron chi connectivity index (χ2n) is 8.24. The molecule has 0 radical (unpaired) electrons. The lowest BCUT2D eigenvalue weighted by Gasteiger charge is -2.43. The fraction of sp³-hybridized carbons (Fsp3) is 0.304. The highest BCUT2D eigenvalue weighted by atomic mass is 79.9. The van der Waals surface area contributed by atoms with Crippen molar-refractivity contribution >= 4 is 27.7 Å². The number of aliphatic hydroxyl groups excluding tert-OH is 2. The molecule has 2 unspecified atom stereocenters. The molecule has 1 aliphatic heterocycles. The summed E-state index contributed by atoms with van der Waals surface area (Å²) >= 11 is 4.62. The van der Waals surface area contributed by atoms with E-state index in [1.807, 2.05) is 6.07 Å². The van der Waals surface area contributed by atoms with E-state index in [0.29, 0.717) is 10.7 Å². The Morgan fingerprint density at radius 2 is 1.89 bits per heavy atom. The molecule has 1 saturated heterocycles. The summed E-state index contributed by atoms with van der Waals surface area (Å²) < 4.78 is 60.5. The molecule has 0 bridgehead atoms. The summed E-state index contributed by atoms with van der Waals surface area (Å²) in [4.78, 5) is 8.72. The Bertz CT molecular complexity index is 1370. The number of halogens is 4. The minimum absolute atomic E-state index is 0.0245. The Morgan fingerprint density at radius 3 is 2.58 bits per heavy atom. The van der Waals surface area contributed by atoms with E-state index in [4.69, 9.17) is 13.9 Å². The predicted molar refractivity (Wildman–Crippen MR) is 129 cm³/mol. The summed E-state index contributed by atoms with van der Waals surface area (Å²) in [5, 5.41) is 29.1. The number of pyridine rings is 1. The highest BCUT2D eigenvalue weighted by Crippen LogP contribution is 2.40. The third kappa shape index (κ3) is 5.62. The quantitative estimate of drug-likeness (QED) is 0.285. The van der Waals surface area contributed by atoms with E-state index >= 15 is 0 Å². The molecule has 2 N–H and O–H groups in total. The molecule has 200 valence electrons. The number of benzene rings is 1. The molecule has 1 aliphatic rings. The van der Waals surface area contributed by atoms with Gasteiger partial charge in [-0.25, -0.2) is 22.8 Å². The maximum atomic E-state index is 13.8. The van der Waals surface area contributed by atoms with E-state index in [9.17, 15) is 23.4 Å². The maximum Gasteiger partial charge on any atom is 0.194 e. The third-order valence-corrected chi connectivity index (χ3v) is 7.29. The van der Waals surface area contributed by atoms with Gasteiger partial charge in [0.05, 0.1) is 19.0 Å². The van der Waals surface area contributed by atoms with Crippen LogP contribution in [0.15, 0.2) is 63.2 Å². The van der Waals surface area contributed by atoms with Gasteiger partial charge in [0.2, 0.25) is 0 Å². The zero-order valence-corrected chi connectivity index (χ0v) is 21.6. The first-order chi connectivity index (χ1) is 18.3. The van der Waals surface area contributed by atoms with Gasteiger partial charge in [0, 0.05) is 27.3 Å². The number of hydrogen-bond acceptors (Lipinski definition) is 10. The molecule has 0 amide bonds. The van der Waals surface area contributed by atoms with Crippen molar-refractivity contribution in [2.45, 2.75) is 41.3 Å². The van der Waals surface area contributed by atoms with E-state index in [-0.39, 0.29) is 17.9 Å². The summed E-state index contributed by atoms with van der Waals surface area (Å²) in [6.07, 6.45) is 4.03. The molecule has 38 heavy (non-hydrogen) atoms. The standard InChI is InChI=1S/C23H19BrF3N5O5S/c24-12-3-14(6-28-4-12)38-23-22(35-9-13-5-29-10-36-13)20(21(34)18(8-33)37-23)32-7-17(30-31-32)11-1-15(25)19(27)16(26)2-11/h1-7,10,18,20-23,33-34H,8-9H2/t18?,20-,21-,22?,23+/m0/s1. The van der Waals surface area contributed by atoms with Crippen LogP contribution >= 0.6 is 27.7 Å². The summed E-state index contributed by atoms with van der Waals surface area (Å²) in [6, 6.07) is 2.42. The van der Waals surface area contributed by atoms with Gasteiger partial charge in [0.25, 0.3) is 0 Å². The van der Waals surface area contributed by atoms with Crippen molar-refractivity contribution in [2.75, 3.05) is 6.61 Å². The predicted octanol–water partition coefficient (Wildman–Crippen LogP) is 3.50. The first-order valence-corrected chi connectivity index (χ1v) is 12.8. The average molecular weight is 614 g/mol. The molecule has 5 rings (SSSR count). The Labute approximate surface area is 225 Å². The Kier molecular flexibility index (Phi) is 8.11. The van der Waals surface area contributed by atoms with Crippen LogP contribution < -0.4 is 0 Å². The molecule has 1 fully saturated rings. The minimum Gasteiger partial charge on any atom is -0.446 e. The van der Waals surface area contributed by atoms with Crippen LogP contribution in [0.25, 0.3) is 11.3 Å². The molecule has 10 nitrogen and oxygen atoms in total. The Morgan fingerprint density at radius 1 is 1.11 bits per heavy atom. The van der Waals surface area contributed by atoms with Crippen LogP contribution in [-0.2, 0) is 16.1 Å². The molecule has 0 aliphatic carbocycles. The largest absolute Gasteiger partial charge is 0.446 e. The average Bonchev–Trinajstić information content (AvgIpc) is 3.59. The second kappa shape index (κ2) is 11.5. The minimum atomic E-state index is -1.60. The number of ether oxygens (including phenoxy) is 2. The summed E-state index contributed by atoms with van der Waals surface area (Å²) in [6.45, 7) is -0.555. The van der Waals surface area contributed by atoms with Gasteiger partial charge in [-0.15, -0.1) is 5.10 Å². The van der Waals surface area contributed by atoms with Crippen LogP contribution in [0, 0.1) is 17.5 Å². The van der Waals surface area contributed by atoms with Crippen molar-refractivity contribution in [3.05, 3.63) is 77.1 Å². The van der Waals surface area contributed by atoms with Crippen LogP contribution in [0.4, 0.5) is 13.2 Å². The lowest BCUT2D eigenvalue weighted by molar-refractivity contribution is -0.197. The highest BCUT2D eigenvalue weighted by Gasteiger charge is 2.48. The van der Waals surface area contributed by atoms with Gasteiger partial charge in [-0.1, -0.05) is 17.0 Å². The van der Waals surface area contributed by atoms with Crippen molar-refractivity contribution in [1.29, 1.82) is 0 Å². The monoisotopic (exact) mass is 613 g/mol. The maximum absolute atomic E-state index is 13.8. The molecule has 5 atom stereocenters. The molecule has 15 heteroatoms. The van der Waals surface area contributed by atoms with E-state index in [2.05, 4.69) is 36.2 Å². The summed E-state index contributed by atoms with van der Waals surface area (Å²) in [7, 11) is 0. The van der Waals surface area contributed by atoms with E-state index in [1.54, 1.807) is 12.4 Å². The topological polar surface area (TPSA) is 129 Å². The molecular formula is C23H19BrF3N5O5S. The SMILES string of the molecule is OCC1O[C@H](Sc2cncc(Br)c2)C(OCc2cnco2)[C@@H](n2cc(-c3cc(F)c(F)c(F)c3)nn2)[C@H]1O. The summed E-state index contributed by atoms with van der Waals surface area (Å²) in [5.41, 5.74) is -0.817. The number of hydrogen-bond donors (Lipinski definition) is 2. The van der Waals surface area contributed by atoms with E-state index < -0.39 is 53.8 Å². The van der Waals surface area contributed by atoms with Crippen molar-refractivity contribution in [3.8, 4) is 11.3 Å². The number of aromatic nitrogens is 5. The van der Waals surface area contributed by atoms with Crippen molar-refractivity contribution in [2.24, 2.45) is 0 Å². The first-order valence-electron chi connectivity index (χ1n) is 11.1. The van der Waals surface area contributed by atoms with Gasteiger partial charge in [0.1, 0.15) is 47.9 Å². The van der Waals surface area contributed by atoms with Gasteiger partial charge in [-0.05, 0) is 34.1 Å². The zero-order chi connectivity index (χ0) is 26.8. The van der Waals surface area contributed by atoms with E-state index in [1.165, 1.54) is 35.2 Å². The number of nitrogens with zero attached hydrogens (tertiary/aromatic N) is 5. The fourth-order valence-corrected chi connectivity index (χ4v) is 5.65. The molecular weight excluding hydrogens is 595 g/mol. The zero-order valence-electron chi connectivity index (χ0n) is 19.2. The van der Waals surface area contributed by atoms with Gasteiger partial charge in [-0.3, -0.25) is 4.98 Å². The summed E-state index contributed by atoms with van der Waals surface area (Å²) in [5.74, 6) is -3.96. The number of rotatable bonds is 8. The molecule has 0 spiro atoms. The van der Waals surface area contributed by atoms with Crippen LogP contribution in [-0.4, -0.2) is 65.5 Å². The van der Waals surface area contributed by atoms with Crippen LogP contribution in [0.3, 0.4) is 0 Å². The second-order valence-corrected chi connectivity index (χ2v) is 10.3. The number of oxazole rings is 1. The third-order valence-electron chi connectivity index (χ3n) is 5.75. The highest BCUT2D eigenvalue weighted by molar-refractivity contribution is 9.10. The van der Waals surface area contributed by atoms with Crippen LogP contribution in [0.5, 0.6) is 0 Å². The fourth-order valence-electron chi connectivity index (χ4n) is 3.98. The Hall–Kier alpha value is -2.82. The van der Waals surface area contributed by atoms with Gasteiger partial charge in [0.15, 0.2) is 23.8 Å². The van der Waals surface area contributed by atoms with Gasteiger partial charge >= 0.3 is 0 Å². The Balaban J connectivity index is 1.51. The molecule has 4 aromatic rings. The normalized spacial score (nSPS) is 23.6. The lowest BCUT2D eigenvalue weighted by Crippen LogP contribution is -2.55. The van der Waals surface area contributed by atoms with Gasteiger partial charge < -0.3 is 24.1 Å². The lowest BCUT2D eigenvalue weighted by atomic mass is 9.97. The smallest absolute Gasteiger partial charge is 0.194 e. The van der Waals surface area contributed by atoms with Crippen molar-refractivity contribution < 1.29 is 37.3 Å². The van der Waals surface area contributed by atoms with Crippen molar-refractivity contribution in [1.82, 2.24) is 25.0 Å². The first kappa shape index (κ1) is 26.8. The van der Waals surface area contributed by atoms with Crippen LogP contribution in [0.2, 0.25) is 0 Å². The van der Waals surface area contributed by atoms with Crippen molar-refractivity contribution in [3.63, 3.8) is 0 Å².